The first-order valence-corrected chi connectivity index (χ1v) is 6.73. The first-order valence-electron chi connectivity index (χ1n) is 5.74. The van der Waals surface area contributed by atoms with Crippen LogP contribution in [0.5, 0.6) is 0 Å². The van der Waals surface area contributed by atoms with Gasteiger partial charge in [-0.3, -0.25) is 14.2 Å². The predicted molar refractivity (Wildman–Crippen MR) is 71.5 cm³/mol. The Morgan fingerprint density at radius 3 is 2.70 bits per heavy atom. The molecule has 8 nitrogen and oxygen atoms in total. The van der Waals surface area contributed by atoms with E-state index in [1.807, 2.05) is 0 Å². The van der Waals surface area contributed by atoms with Gasteiger partial charge in [0.1, 0.15) is 0 Å². The number of nitrogens with two attached hydrogens (primary N) is 2. The van der Waals surface area contributed by atoms with Gasteiger partial charge in [-0.05, 0) is 12.1 Å². The molecule has 0 unspecified atom stereocenters. The first-order chi connectivity index (χ1) is 9.58. The Kier molecular flexibility index (Phi) is 4.41. The van der Waals surface area contributed by atoms with Gasteiger partial charge in [0, 0.05) is 13.0 Å². The molecule has 2 rings (SSSR count). The largest absolute Gasteiger partial charge is 0.461 e. The summed E-state index contributed by atoms with van der Waals surface area (Å²) in [6, 6.07) is 3.45. The SMILES string of the molecule is NC(=O)CCn1c(SCC(N)=O)nnc1-c1ccco1. The normalized spacial score (nSPS) is 10.6. The zero-order chi connectivity index (χ0) is 14.5. The van der Waals surface area contributed by atoms with Gasteiger partial charge >= 0.3 is 0 Å². The van der Waals surface area contributed by atoms with Crippen molar-refractivity contribution >= 4 is 23.6 Å². The maximum Gasteiger partial charge on any atom is 0.227 e. The van der Waals surface area contributed by atoms with E-state index in [1.54, 1.807) is 16.7 Å². The molecule has 20 heavy (non-hydrogen) atoms. The molecule has 0 aliphatic rings. The second-order valence-electron chi connectivity index (χ2n) is 3.91. The van der Waals surface area contributed by atoms with Crippen LogP contribution in [0.15, 0.2) is 28.0 Å². The standard InChI is InChI=1S/C11H13N5O3S/c12-8(17)3-4-16-10(7-2-1-5-19-7)14-15-11(16)20-6-9(13)18/h1-2,5H,3-4,6H2,(H2,12,17)(H2,13,18). The third-order valence-electron chi connectivity index (χ3n) is 2.38. The van der Waals surface area contributed by atoms with Gasteiger partial charge in [0.2, 0.25) is 11.8 Å². The summed E-state index contributed by atoms with van der Waals surface area (Å²) in [6.45, 7) is 0.305. The van der Waals surface area contributed by atoms with Crippen molar-refractivity contribution < 1.29 is 14.0 Å². The van der Waals surface area contributed by atoms with Crippen molar-refractivity contribution in [3.8, 4) is 11.6 Å². The van der Waals surface area contributed by atoms with Crippen molar-refractivity contribution in [1.29, 1.82) is 0 Å². The quantitative estimate of drug-likeness (QED) is 0.691. The number of carbonyl (C=O) groups excluding carboxylic acids is 2. The molecule has 106 valence electrons. The molecule has 0 fully saturated rings. The highest BCUT2D eigenvalue weighted by molar-refractivity contribution is 7.99. The average Bonchev–Trinajstić information content (AvgIpc) is 3.02. The number of furan rings is 1. The van der Waals surface area contributed by atoms with E-state index in [9.17, 15) is 9.59 Å². The number of amides is 2. The van der Waals surface area contributed by atoms with Crippen LogP contribution in [0.4, 0.5) is 0 Å². The number of primary amides is 2. The summed E-state index contributed by atoms with van der Waals surface area (Å²) < 4.78 is 6.94. The zero-order valence-electron chi connectivity index (χ0n) is 10.5. The molecular weight excluding hydrogens is 282 g/mol. The molecule has 0 spiro atoms. The van der Waals surface area contributed by atoms with Gasteiger partial charge in [0.05, 0.1) is 12.0 Å². The summed E-state index contributed by atoms with van der Waals surface area (Å²) in [5, 5.41) is 8.47. The maximum absolute atomic E-state index is 10.9. The molecule has 2 aromatic rings. The highest BCUT2D eigenvalue weighted by atomic mass is 32.2. The number of aromatic nitrogens is 3. The summed E-state index contributed by atoms with van der Waals surface area (Å²) in [7, 11) is 0. The van der Waals surface area contributed by atoms with Crippen molar-refractivity contribution in [1.82, 2.24) is 14.8 Å². The van der Waals surface area contributed by atoms with Crippen LogP contribution in [0, 0.1) is 0 Å². The molecular formula is C11H13N5O3S. The van der Waals surface area contributed by atoms with Crippen molar-refractivity contribution in [3.63, 3.8) is 0 Å². The number of hydrogen-bond acceptors (Lipinski definition) is 6. The molecule has 0 aliphatic carbocycles. The highest BCUT2D eigenvalue weighted by Gasteiger charge is 2.17. The molecule has 0 atom stereocenters. The van der Waals surface area contributed by atoms with Crippen molar-refractivity contribution in [3.05, 3.63) is 18.4 Å². The molecule has 0 bridgehead atoms. The van der Waals surface area contributed by atoms with Gasteiger partial charge in [-0.2, -0.15) is 0 Å². The Hall–Kier alpha value is -2.29. The fraction of sp³-hybridized carbons (Fsp3) is 0.273. The van der Waals surface area contributed by atoms with Crippen LogP contribution in [0.25, 0.3) is 11.6 Å². The Bertz CT molecular complexity index is 608. The zero-order valence-corrected chi connectivity index (χ0v) is 11.3. The summed E-state index contributed by atoms with van der Waals surface area (Å²) >= 11 is 1.15. The van der Waals surface area contributed by atoms with Crippen LogP contribution in [0.2, 0.25) is 0 Å². The number of carbonyl (C=O) groups is 2. The molecule has 9 heteroatoms. The highest BCUT2D eigenvalue weighted by Crippen LogP contribution is 2.24. The lowest BCUT2D eigenvalue weighted by Gasteiger charge is -2.06. The van der Waals surface area contributed by atoms with Gasteiger partial charge in [-0.1, -0.05) is 11.8 Å². The van der Waals surface area contributed by atoms with Gasteiger partial charge in [-0.15, -0.1) is 10.2 Å². The second-order valence-corrected chi connectivity index (χ2v) is 4.85. The third kappa shape index (κ3) is 3.38. The topological polar surface area (TPSA) is 130 Å². The second kappa shape index (κ2) is 6.24. The van der Waals surface area contributed by atoms with Gasteiger partial charge in [-0.25, -0.2) is 0 Å². The molecule has 2 aromatic heterocycles. The summed E-state index contributed by atoms with van der Waals surface area (Å²) in [4.78, 5) is 21.8. The van der Waals surface area contributed by atoms with Crippen LogP contribution in [0.3, 0.4) is 0 Å². The molecule has 4 N–H and O–H groups in total. The summed E-state index contributed by atoms with van der Waals surface area (Å²) in [5.41, 5.74) is 10.3. The van der Waals surface area contributed by atoms with Crippen LogP contribution in [0.1, 0.15) is 6.42 Å². The fourth-order valence-corrected chi connectivity index (χ4v) is 2.25. The molecule has 0 saturated heterocycles. The monoisotopic (exact) mass is 295 g/mol. The van der Waals surface area contributed by atoms with Crippen LogP contribution >= 0.6 is 11.8 Å². The Morgan fingerprint density at radius 1 is 1.30 bits per heavy atom. The number of nitrogens with zero attached hydrogens (tertiary/aromatic N) is 3. The molecule has 0 saturated carbocycles. The van der Waals surface area contributed by atoms with Gasteiger partial charge in [0.15, 0.2) is 16.7 Å². The Morgan fingerprint density at radius 2 is 2.10 bits per heavy atom. The van der Waals surface area contributed by atoms with E-state index in [-0.39, 0.29) is 12.2 Å². The van der Waals surface area contributed by atoms with E-state index in [4.69, 9.17) is 15.9 Å². The number of hydrogen-bond donors (Lipinski definition) is 2. The van der Waals surface area contributed by atoms with Crippen molar-refractivity contribution in [2.45, 2.75) is 18.1 Å². The Balaban J connectivity index is 2.27. The lowest BCUT2D eigenvalue weighted by Crippen LogP contribution is -2.16. The van der Waals surface area contributed by atoms with Gasteiger partial charge < -0.3 is 15.9 Å². The summed E-state index contributed by atoms with van der Waals surface area (Å²) in [6.07, 6.45) is 1.65. The maximum atomic E-state index is 10.9. The van der Waals surface area contributed by atoms with E-state index >= 15 is 0 Å². The number of thioether (sulfide) groups is 1. The van der Waals surface area contributed by atoms with Crippen molar-refractivity contribution in [2.24, 2.45) is 11.5 Å². The van der Waals surface area contributed by atoms with Crippen LogP contribution in [-0.4, -0.2) is 32.3 Å². The molecule has 2 heterocycles. The van der Waals surface area contributed by atoms with E-state index < -0.39 is 11.8 Å². The molecule has 0 aliphatic heterocycles. The van der Waals surface area contributed by atoms with Crippen LogP contribution in [-0.2, 0) is 16.1 Å². The third-order valence-corrected chi connectivity index (χ3v) is 3.37. The fourth-order valence-electron chi connectivity index (χ4n) is 1.54. The van der Waals surface area contributed by atoms with E-state index in [2.05, 4.69) is 10.2 Å². The first kappa shape index (κ1) is 14.1. The minimum absolute atomic E-state index is 0.0762. The average molecular weight is 295 g/mol. The summed E-state index contributed by atoms with van der Waals surface area (Å²) in [5.74, 6) is 0.178. The van der Waals surface area contributed by atoms with Crippen molar-refractivity contribution in [2.75, 3.05) is 5.75 Å². The minimum atomic E-state index is -0.459. The predicted octanol–water partition coefficient (Wildman–Crippen LogP) is -0.00910. The Labute approximate surface area is 118 Å². The van der Waals surface area contributed by atoms with Gasteiger partial charge in [0.25, 0.3) is 0 Å². The minimum Gasteiger partial charge on any atom is -0.461 e. The molecule has 2 amide bonds. The smallest absolute Gasteiger partial charge is 0.227 e. The van der Waals surface area contributed by atoms with E-state index in [0.29, 0.717) is 23.3 Å². The van der Waals surface area contributed by atoms with E-state index in [1.165, 1.54) is 6.26 Å². The lowest BCUT2D eigenvalue weighted by molar-refractivity contribution is -0.118. The number of rotatable bonds is 7. The van der Waals surface area contributed by atoms with E-state index in [0.717, 1.165) is 11.8 Å². The molecule has 0 aromatic carbocycles. The lowest BCUT2D eigenvalue weighted by atomic mass is 10.3. The van der Waals surface area contributed by atoms with Crippen LogP contribution < -0.4 is 11.5 Å². The molecule has 0 radical (unpaired) electrons.